The second-order valence-corrected chi connectivity index (χ2v) is 21.9. The van der Waals surface area contributed by atoms with E-state index in [2.05, 4.69) is 31.5 Å². The Hall–Kier alpha value is -4.82. The van der Waals surface area contributed by atoms with E-state index in [-0.39, 0.29) is 36.0 Å². The molecule has 8 nitrogen and oxygen atoms in total. The van der Waals surface area contributed by atoms with Gasteiger partial charge in [-0.15, -0.1) is 0 Å². The summed E-state index contributed by atoms with van der Waals surface area (Å²) in [6, 6.07) is 35.1. The number of nitrogens with one attached hydrogen (secondary N) is 1. The Balaban J connectivity index is 1.79. The van der Waals surface area contributed by atoms with Crippen LogP contribution < -0.4 is 21.2 Å². The number of hydrogen-bond acceptors (Lipinski definition) is 6. The molecule has 1 aliphatic rings. The van der Waals surface area contributed by atoms with Gasteiger partial charge in [0.05, 0.1) is 18.1 Å². The van der Waals surface area contributed by atoms with Crippen molar-refractivity contribution in [1.29, 1.82) is 0 Å². The highest BCUT2D eigenvalue weighted by Crippen LogP contribution is 2.50. The van der Waals surface area contributed by atoms with Gasteiger partial charge >= 0.3 is 5.97 Å². The molecular weight excluding hydrogens is 700 g/mol. The van der Waals surface area contributed by atoms with Gasteiger partial charge in [0.2, 0.25) is 5.91 Å². The predicted octanol–water partition coefficient (Wildman–Crippen LogP) is 6.32. The Kier molecular flexibility index (Phi) is 12.9. The summed E-state index contributed by atoms with van der Waals surface area (Å²) in [6.07, 6.45) is 1.64. The topological polar surface area (TPSA) is 102 Å². The third-order valence-corrected chi connectivity index (χ3v) is 14.5. The molecule has 0 spiro atoms. The minimum atomic E-state index is -3.18. The molecule has 0 saturated carbocycles. The molecule has 3 unspecified atom stereocenters. The van der Waals surface area contributed by atoms with Crippen LogP contribution >= 0.6 is 6.89 Å². The van der Waals surface area contributed by atoms with E-state index < -0.39 is 39.2 Å². The van der Waals surface area contributed by atoms with Crippen molar-refractivity contribution in [2.24, 2.45) is 5.92 Å². The van der Waals surface area contributed by atoms with Gasteiger partial charge in [-0.2, -0.15) is 0 Å². The smallest absolute Gasteiger partial charge is 0.356 e. The molecule has 0 radical (unpaired) electrons. The monoisotopic (exact) mass is 748 g/mol. The molecule has 4 aromatic carbocycles. The first kappa shape index (κ1) is 39.4. The molecule has 0 bridgehead atoms. The number of carbonyl (C=O) groups is 4. The zero-order valence-corrected chi connectivity index (χ0v) is 33.1. The van der Waals surface area contributed by atoms with Crippen molar-refractivity contribution in [3.63, 3.8) is 0 Å². The zero-order chi connectivity index (χ0) is 38.2. The van der Waals surface area contributed by atoms with E-state index in [0.29, 0.717) is 17.7 Å². The molecule has 1 fully saturated rings. The van der Waals surface area contributed by atoms with Crippen LogP contribution in [0.25, 0.3) is 0 Å². The van der Waals surface area contributed by atoms with Crippen molar-refractivity contribution in [3.05, 3.63) is 139 Å². The first-order chi connectivity index (χ1) is 25.4. The van der Waals surface area contributed by atoms with E-state index >= 15 is 0 Å². The number of Topliss-reactive ketones (excluding diaryl/α,β-unsaturated/α-hetero) is 1. The van der Waals surface area contributed by atoms with Crippen LogP contribution in [0, 0.1) is 5.92 Å². The van der Waals surface area contributed by atoms with Crippen LogP contribution in [0.1, 0.15) is 47.4 Å². The average Bonchev–Trinajstić information content (AvgIpc) is 3.16. The fourth-order valence-corrected chi connectivity index (χ4v) is 12.7. The molecule has 276 valence electrons. The minimum absolute atomic E-state index is 0.0716. The summed E-state index contributed by atoms with van der Waals surface area (Å²) in [6.45, 7) is 11.0. The van der Waals surface area contributed by atoms with Crippen LogP contribution in [0.3, 0.4) is 0 Å². The molecule has 0 aliphatic carbocycles. The Labute approximate surface area is 314 Å². The van der Waals surface area contributed by atoms with Gasteiger partial charge < -0.3 is 19.4 Å². The highest BCUT2D eigenvalue weighted by Gasteiger charge is 2.56. The summed E-state index contributed by atoms with van der Waals surface area (Å²) in [5.74, 6) is -2.20. The maximum Gasteiger partial charge on any atom is 0.356 e. The normalized spacial score (nSPS) is 16.2. The zero-order valence-electron chi connectivity index (χ0n) is 31.2. The van der Waals surface area contributed by atoms with Crippen molar-refractivity contribution in [1.82, 2.24) is 10.2 Å². The fraction of sp³-hybridized carbons (Fsp3) is 0.279. The predicted molar refractivity (Wildman–Crippen MR) is 217 cm³/mol. The van der Waals surface area contributed by atoms with Gasteiger partial charge in [0, 0.05) is 31.0 Å². The highest BCUT2D eigenvalue weighted by atomic mass is 31.2. The van der Waals surface area contributed by atoms with E-state index in [1.165, 1.54) is 11.0 Å². The molecule has 3 atom stereocenters. The lowest BCUT2D eigenvalue weighted by molar-refractivity contribution is -0.156. The van der Waals surface area contributed by atoms with E-state index in [0.717, 1.165) is 22.3 Å². The van der Waals surface area contributed by atoms with Gasteiger partial charge in [0.1, 0.15) is 12.0 Å². The molecule has 1 heterocycles. The van der Waals surface area contributed by atoms with E-state index in [4.69, 9.17) is 9.16 Å². The van der Waals surface area contributed by atoms with Crippen molar-refractivity contribution < 1.29 is 28.3 Å². The third kappa shape index (κ3) is 8.54. The largest absolute Gasteiger partial charge is 0.457 e. The lowest BCUT2D eigenvalue weighted by atomic mass is 9.79. The van der Waals surface area contributed by atoms with Gasteiger partial charge in [0.25, 0.3) is 5.91 Å². The van der Waals surface area contributed by atoms with Crippen LogP contribution in [-0.2, 0) is 18.8 Å². The lowest BCUT2D eigenvalue weighted by Gasteiger charge is -2.52. The number of carbonyl (C=O) groups excluding carboxylic acids is 4. The van der Waals surface area contributed by atoms with Gasteiger partial charge in [-0.05, 0) is 61.0 Å². The number of esters is 1. The van der Waals surface area contributed by atoms with Crippen LogP contribution in [-0.4, -0.2) is 67.5 Å². The van der Waals surface area contributed by atoms with E-state index in [1.807, 2.05) is 105 Å². The molecule has 10 heteroatoms. The Bertz CT molecular complexity index is 1890. The molecule has 2 amide bonds. The van der Waals surface area contributed by atoms with E-state index in [1.54, 1.807) is 24.3 Å². The lowest BCUT2D eigenvalue weighted by Crippen LogP contribution is -2.69. The summed E-state index contributed by atoms with van der Waals surface area (Å²) < 4.78 is 12.4. The third-order valence-electron chi connectivity index (χ3n) is 9.18. The number of nitrogens with zero attached hydrogens (tertiary/aromatic N) is 1. The summed E-state index contributed by atoms with van der Waals surface area (Å²) in [5, 5.41) is 5.41. The van der Waals surface area contributed by atoms with Crippen molar-refractivity contribution in [2.75, 3.05) is 13.2 Å². The van der Waals surface area contributed by atoms with Gasteiger partial charge in [0.15, 0.2) is 14.1 Å². The van der Waals surface area contributed by atoms with Crippen LogP contribution in [0.2, 0.25) is 19.6 Å². The second-order valence-electron chi connectivity index (χ2n) is 14.1. The van der Waals surface area contributed by atoms with Crippen molar-refractivity contribution >= 4 is 60.1 Å². The van der Waals surface area contributed by atoms with E-state index in [9.17, 15) is 19.2 Å². The summed E-state index contributed by atoms with van der Waals surface area (Å²) in [4.78, 5) is 58.5. The molecule has 1 saturated heterocycles. The van der Waals surface area contributed by atoms with Crippen molar-refractivity contribution in [2.45, 2.75) is 58.5 Å². The number of amides is 2. The maximum atomic E-state index is 14.9. The molecule has 5 rings (SSSR count). The maximum absolute atomic E-state index is 14.9. The fourth-order valence-electron chi connectivity index (χ4n) is 7.04. The highest BCUT2D eigenvalue weighted by molar-refractivity contribution is 7.96. The summed E-state index contributed by atoms with van der Waals surface area (Å²) in [5.41, 5.74) is 0.909. The molecule has 0 aromatic heterocycles. The van der Waals surface area contributed by atoms with Gasteiger partial charge in [-0.3, -0.25) is 14.4 Å². The Morgan fingerprint density at radius 1 is 0.849 bits per heavy atom. The molecule has 53 heavy (non-hydrogen) atoms. The second kappa shape index (κ2) is 17.3. The first-order valence-electron chi connectivity index (χ1n) is 18.1. The number of β-lactam (4-membered cyclic amide) rings is 1. The van der Waals surface area contributed by atoms with Crippen LogP contribution in [0.4, 0.5) is 0 Å². The number of rotatable bonds is 16. The van der Waals surface area contributed by atoms with Crippen LogP contribution in [0.5, 0.6) is 0 Å². The van der Waals surface area contributed by atoms with Crippen molar-refractivity contribution in [3.8, 4) is 0 Å². The number of ether oxygens (including phenoxy) is 1. The number of ketones is 1. The first-order valence-corrected chi connectivity index (χ1v) is 23.3. The number of benzene rings is 4. The minimum Gasteiger partial charge on any atom is -0.457 e. The quantitative estimate of drug-likeness (QED) is 0.0360. The molecular formula is C43H49N2O6PSi. The number of likely N-dealkylation sites (tertiary alicyclic amines) is 1. The Morgan fingerprint density at radius 3 is 1.87 bits per heavy atom. The molecule has 1 N–H and O–H groups in total. The SMILES string of the molecule is C=CCOC(=O)C(N1C(=O)C(C(C)O[Si](C)(C)C)C1CC(=O)c1cccc(C(=O)NCCC)c1)=P(c1ccccc1)(c1ccccc1)c1ccccc1. The Morgan fingerprint density at radius 2 is 1.38 bits per heavy atom. The van der Waals surface area contributed by atoms with Crippen LogP contribution in [0.15, 0.2) is 128 Å². The summed E-state index contributed by atoms with van der Waals surface area (Å²) in [7, 11) is -2.15. The van der Waals surface area contributed by atoms with Gasteiger partial charge in [-0.25, -0.2) is 4.79 Å². The number of hydrogen-bond donors (Lipinski definition) is 1. The van der Waals surface area contributed by atoms with Gasteiger partial charge in [-0.1, -0.05) is 123 Å². The average molecular weight is 749 g/mol. The molecule has 1 aliphatic heterocycles. The molecule has 4 aromatic rings. The standard InChI is InChI=1S/C43H49N2O6PSi/c1-7-27-44-40(47)33-20-18-19-32(29-33)38(46)30-37-39(31(3)51-53(4,5)6)41(48)45(37)42(43(49)50-28-8-2)52(34-21-12-9-13-22-34,35-23-14-10-15-24-35)36-25-16-11-17-26-36/h8-26,29,31,37,39H,2,7,27-28,30H2,1,3-6H3,(H,44,47). The summed E-state index contributed by atoms with van der Waals surface area (Å²) >= 11 is 0.